The van der Waals surface area contributed by atoms with Crippen molar-refractivity contribution in [3.63, 3.8) is 0 Å². The van der Waals surface area contributed by atoms with Gasteiger partial charge in [0.25, 0.3) is 0 Å². The van der Waals surface area contributed by atoms with Crippen LogP contribution in [0.1, 0.15) is 22.8 Å². The summed E-state index contributed by atoms with van der Waals surface area (Å²) in [6.07, 6.45) is 0. The van der Waals surface area contributed by atoms with Crippen molar-refractivity contribution < 1.29 is 14.6 Å². The molecule has 0 spiro atoms. The van der Waals surface area contributed by atoms with Crippen LogP contribution in [0.5, 0.6) is 11.5 Å². The molecule has 0 aromatic heterocycles. The second-order valence-electron chi connectivity index (χ2n) is 2.90. The van der Waals surface area contributed by atoms with E-state index in [1.807, 2.05) is 0 Å². The van der Waals surface area contributed by atoms with Crippen LogP contribution >= 0.6 is 0 Å². The molecule has 0 bridgehead atoms. The van der Waals surface area contributed by atoms with Gasteiger partial charge in [-0.05, 0) is 31.5 Å². The van der Waals surface area contributed by atoms with Crippen LogP contribution in [0, 0.1) is 6.92 Å². The van der Waals surface area contributed by atoms with Crippen molar-refractivity contribution in [3.8, 4) is 11.5 Å². The Hall–Kier alpha value is -1.51. The number of rotatable bonds is 2. The number of methoxy groups -OCH3 is 1. The van der Waals surface area contributed by atoms with Gasteiger partial charge in [-0.25, -0.2) is 0 Å². The minimum atomic E-state index is -0.167. The fraction of sp³-hybridized carbons (Fsp3) is 0.300. The van der Waals surface area contributed by atoms with Gasteiger partial charge in [-0.2, -0.15) is 0 Å². The number of aryl methyl sites for hydroxylation is 1. The normalized spacial score (nSPS) is 9.77. The first-order valence-corrected chi connectivity index (χ1v) is 3.94. The maximum atomic E-state index is 11.1. The Kier molecular flexibility index (Phi) is 2.56. The van der Waals surface area contributed by atoms with Crippen molar-refractivity contribution in [2.75, 3.05) is 7.11 Å². The molecular formula is C10H12O3. The fourth-order valence-electron chi connectivity index (χ4n) is 1.13. The first-order chi connectivity index (χ1) is 6.06. The molecule has 70 valence electrons. The van der Waals surface area contributed by atoms with Gasteiger partial charge in [0.2, 0.25) is 0 Å². The third kappa shape index (κ3) is 1.80. The van der Waals surface area contributed by atoms with Crippen LogP contribution in [0.2, 0.25) is 0 Å². The van der Waals surface area contributed by atoms with Gasteiger partial charge < -0.3 is 9.84 Å². The van der Waals surface area contributed by atoms with E-state index in [1.54, 1.807) is 13.0 Å². The number of ether oxygens (including phenoxy) is 1. The molecule has 1 rings (SSSR count). The summed E-state index contributed by atoms with van der Waals surface area (Å²) >= 11 is 0. The van der Waals surface area contributed by atoms with E-state index in [-0.39, 0.29) is 11.5 Å². The highest BCUT2D eigenvalue weighted by atomic mass is 16.5. The topological polar surface area (TPSA) is 46.5 Å². The molecule has 3 nitrogen and oxygen atoms in total. The fourth-order valence-corrected chi connectivity index (χ4v) is 1.13. The first-order valence-electron chi connectivity index (χ1n) is 3.94. The number of hydrogen-bond acceptors (Lipinski definition) is 3. The zero-order valence-corrected chi connectivity index (χ0v) is 7.92. The molecule has 1 aromatic carbocycles. The number of benzene rings is 1. The van der Waals surface area contributed by atoms with Crippen molar-refractivity contribution in [3.05, 3.63) is 23.3 Å². The highest BCUT2D eigenvalue weighted by Gasteiger charge is 2.10. The zero-order valence-electron chi connectivity index (χ0n) is 7.92. The van der Waals surface area contributed by atoms with E-state index in [4.69, 9.17) is 4.74 Å². The molecule has 0 heterocycles. The maximum absolute atomic E-state index is 11.1. The number of Topliss-reactive ketones (excluding diaryl/α,β-unsaturated/α-hetero) is 1. The van der Waals surface area contributed by atoms with E-state index in [2.05, 4.69) is 0 Å². The second kappa shape index (κ2) is 3.47. The third-order valence-electron chi connectivity index (χ3n) is 1.89. The molecule has 0 aliphatic rings. The highest BCUT2D eigenvalue weighted by molar-refractivity contribution is 5.97. The predicted octanol–water partition coefficient (Wildman–Crippen LogP) is 1.91. The molecule has 0 amide bonds. The smallest absolute Gasteiger partial charge is 0.163 e. The summed E-state index contributed by atoms with van der Waals surface area (Å²) in [4.78, 5) is 11.1. The summed E-state index contributed by atoms with van der Waals surface area (Å²) in [6.45, 7) is 3.14. The molecule has 0 unspecified atom stereocenters. The van der Waals surface area contributed by atoms with E-state index in [1.165, 1.54) is 20.1 Å². The van der Waals surface area contributed by atoms with E-state index in [0.29, 0.717) is 16.9 Å². The Morgan fingerprint density at radius 3 is 2.54 bits per heavy atom. The van der Waals surface area contributed by atoms with Gasteiger partial charge in [0.15, 0.2) is 5.78 Å². The van der Waals surface area contributed by atoms with Crippen molar-refractivity contribution in [2.45, 2.75) is 13.8 Å². The summed E-state index contributed by atoms with van der Waals surface area (Å²) in [5, 5.41) is 9.51. The lowest BCUT2D eigenvalue weighted by molar-refractivity contribution is 0.101. The SMILES string of the molecule is COc1cc(C)c(O)c(C(C)=O)c1. The molecule has 13 heavy (non-hydrogen) atoms. The average Bonchev–Trinajstić information content (AvgIpc) is 2.09. The van der Waals surface area contributed by atoms with Crippen LogP contribution in [0.15, 0.2) is 12.1 Å². The molecule has 1 aromatic rings. The van der Waals surface area contributed by atoms with Crippen LogP contribution in [0.3, 0.4) is 0 Å². The lowest BCUT2D eigenvalue weighted by atomic mass is 10.1. The van der Waals surface area contributed by atoms with Crippen molar-refractivity contribution in [1.82, 2.24) is 0 Å². The molecule has 0 aliphatic carbocycles. The van der Waals surface area contributed by atoms with Crippen molar-refractivity contribution in [2.24, 2.45) is 0 Å². The number of carbonyl (C=O) groups is 1. The van der Waals surface area contributed by atoms with Gasteiger partial charge in [-0.3, -0.25) is 4.79 Å². The minimum Gasteiger partial charge on any atom is -0.507 e. The molecule has 0 saturated heterocycles. The third-order valence-corrected chi connectivity index (χ3v) is 1.89. The molecule has 0 aliphatic heterocycles. The molecule has 1 N–H and O–H groups in total. The standard InChI is InChI=1S/C10H12O3/c1-6-4-8(13-3)5-9(7(2)11)10(6)12/h4-5,12H,1-3H3. The van der Waals surface area contributed by atoms with E-state index < -0.39 is 0 Å². The van der Waals surface area contributed by atoms with Gasteiger partial charge in [-0.1, -0.05) is 0 Å². The lowest BCUT2D eigenvalue weighted by Crippen LogP contribution is -1.96. The Morgan fingerprint density at radius 1 is 1.46 bits per heavy atom. The van der Waals surface area contributed by atoms with Crippen molar-refractivity contribution >= 4 is 5.78 Å². The molecule has 0 saturated carbocycles. The van der Waals surface area contributed by atoms with Gasteiger partial charge in [-0.15, -0.1) is 0 Å². The van der Waals surface area contributed by atoms with E-state index in [9.17, 15) is 9.90 Å². The zero-order chi connectivity index (χ0) is 10.0. The lowest BCUT2D eigenvalue weighted by Gasteiger charge is -2.07. The van der Waals surface area contributed by atoms with Crippen LogP contribution in [-0.4, -0.2) is 18.0 Å². The largest absolute Gasteiger partial charge is 0.507 e. The minimum absolute atomic E-state index is 0.0355. The van der Waals surface area contributed by atoms with Crippen LogP contribution in [0.25, 0.3) is 0 Å². The van der Waals surface area contributed by atoms with Gasteiger partial charge in [0, 0.05) is 0 Å². The van der Waals surface area contributed by atoms with Gasteiger partial charge >= 0.3 is 0 Å². The Balaban J connectivity index is 3.33. The summed E-state index contributed by atoms with van der Waals surface area (Å²) in [5.74, 6) is 0.452. The van der Waals surface area contributed by atoms with Crippen LogP contribution in [-0.2, 0) is 0 Å². The summed E-state index contributed by atoms with van der Waals surface area (Å²) in [6, 6.07) is 3.21. The Labute approximate surface area is 77.0 Å². The number of hydrogen-bond donors (Lipinski definition) is 1. The predicted molar refractivity (Wildman–Crippen MR) is 49.4 cm³/mol. The number of aromatic hydroxyl groups is 1. The van der Waals surface area contributed by atoms with Crippen LogP contribution < -0.4 is 4.74 Å². The summed E-state index contributed by atoms with van der Waals surface area (Å²) in [7, 11) is 1.52. The quantitative estimate of drug-likeness (QED) is 0.707. The summed E-state index contributed by atoms with van der Waals surface area (Å²) in [5.41, 5.74) is 0.946. The Morgan fingerprint density at radius 2 is 2.08 bits per heavy atom. The monoisotopic (exact) mass is 180 g/mol. The number of phenols is 1. The summed E-state index contributed by atoms with van der Waals surface area (Å²) < 4.78 is 4.98. The number of ketones is 1. The number of carbonyl (C=O) groups excluding carboxylic acids is 1. The molecule has 0 radical (unpaired) electrons. The van der Waals surface area contributed by atoms with Crippen LogP contribution in [0.4, 0.5) is 0 Å². The van der Waals surface area contributed by atoms with E-state index in [0.717, 1.165) is 0 Å². The molecular weight excluding hydrogens is 168 g/mol. The van der Waals surface area contributed by atoms with Gasteiger partial charge in [0.1, 0.15) is 11.5 Å². The highest BCUT2D eigenvalue weighted by Crippen LogP contribution is 2.27. The van der Waals surface area contributed by atoms with Gasteiger partial charge in [0.05, 0.1) is 12.7 Å². The molecule has 0 fully saturated rings. The maximum Gasteiger partial charge on any atom is 0.163 e. The van der Waals surface area contributed by atoms with Crippen molar-refractivity contribution in [1.29, 1.82) is 0 Å². The van der Waals surface area contributed by atoms with E-state index >= 15 is 0 Å². The second-order valence-corrected chi connectivity index (χ2v) is 2.90. The first kappa shape index (κ1) is 9.58. The number of phenolic OH excluding ortho intramolecular Hbond substituents is 1. The Bertz CT molecular complexity index is 342. The average molecular weight is 180 g/mol. The molecule has 3 heteroatoms. The molecule has 0 atom stereocenters.